The van der Waals surface area contributed by atoms with Gasteiger partial charge in [0, 0.05) is 12.8 Å². The second-order valence-corrected chi connectivity index (χ2v) is 16.0. The van der Waals surface area contributed by atoms with Crippen molar-refractivity contribution in [3.05, 3.63) is 0 Å². The van der Waals surface area contributed by atoms with Crippen LogP contribution in [0.4, 0.5) is 0 Å². The van der Waals surface area contributed by atoms with Gasteiger partial charge in [0.1, 0.15) is 13.1 Å². The van der Waals surface area contributed by atoms with E-state index in [2.05, 4.69) is 36.0 Å². The van der Waals surface area contributed by atoms with Gasteiger partial charge in [0.15, 0.2) is 6.17 Å². The summed E-state index contributed by atoms with van der Waals surface area (Å²) in [5, 5.41) is 6.90. The molecule has 1 aliphatic heterocycles. The molecule has 0 spiro atoms. The molecule has 290 valence electrons. The zero-order valence-corrected chi connectivity index (χ0v) is 34.0. The quantitative estimate of drug-likeness (QED) is 0.0499. The van der Waals surface area contributed by atoms with Gasteiger partial charge in [-0.15, -0.1) is 0 Å². The number of hydrogen-bond donors (Lipinski definition) is 2. The van der Waals surface area contributed by atoms with Crippen LogP contribution in [0.15, 0.2) is 0 Å². The van der Waals surface area contributed by atoms with Crippen LogP contribution in [-0.2, 0) is 4.79 Å². The SMILES string of the molecule is CCCCCCCCCCCCCCCCCCCCC(=O)NC(C)[N+]1=C(CCCCCCCCCCCCCCCCCCC)NCC1. The van der Waals surface area contributed by atoms with Gasteiger partial charge >= 0.3 is 0 Å². The van der Waals surface area contributed by atoms with Gasteiger partial charge in [0.05, 0.1) is 0 Å². The van der Waals surface area contributed by atoms with Crippen LogP contribution in [0, 0.1) is 0 Å². The van der Waals surface area contributed by atoms with E-state index < -0.39 is 0 Å². The number of unbranched alkanes of at least 4 members (excludes halogenated alkanes) is 33. The van der Waals surface area contributed by atoms with E-state index >= 15 is 0 Å². The molecule has 2 N–H and O–H groups in total. The van der Waals surface area contributed by atoms with Crippen LogP contribution in [0.2, 0.25) is 0 Å². The van der Waals surface area contributed by atoms with Gasteiger partial charge in [0.25, 0.3) is 0 Å². The minimum Gasteiger partial charge on any atom is -0.318 e. The molecule has 1 amide bonds. The second kappa shape index (κ2) is 36.7. The van der Waals surface area contributed by atoms with Crippen molar-refractivity contribution >= 4 is 11.7 Å². The summed E-state index contributed by atoms with van der Waals surface area (Å²) in [5.74, 6) is 1.58. The lowest BCUT2D eigenvalue weighted by atomic mass is 10.0. The van der Waals surface area contributed by atoms with Crippen LogP contribution >= 0.6 is 0 Å². The van der Waals surface area contributed by atoms with E-state index in [1.807, 2.05) is 0 Å². The third-order valence-electron chi connectivity index (χ3n) is 11.1. The summed E-state index contributed by atoms with van der Waals surface area (Å²) in [6, 6.07) is 0. The molecular formula is C45H90N3O+. The molecule has 0 aromatic rings. The van der Waals surface area contributed by atoms with Crippen molar-refractivity contribution in [1.29, 1.82) is 0 Å². The fourth-order valence-corrected chi connectivity index (χ4v) is 7.80. The molecule has 49 heavy (non-hydrogen) atoms. The van der Waals surface area contributed by atoms with Crippen molar-refractivity contribution in [2.24, 2.45) is 0 Å². The molecule has 0 saturated carbocycles. The highest BCUT2D eigenvalue weighted by Gasteiger charge is 2.25. The third-order valence-corrected chi connectivity index (χ3v) is 11.1. The summed E-state index contributed by atoms with van der Waals surface area (Å²) < 4.78 is 2.40. The predicted molar refractivity (Wildman–Crippen MR) is 218 cm³/mol. The Balaban J connectivity index is 1.91. The first-order valence-corrected chi connectivity index (χ1v) is 22.8. The van der Waals surface area contributed by atoms with Crippen molar-refractivity contribution in [2.75, 3.05) is 13.1 Å². The minimum absolute atomic E-state index is 0.0962. The Bertz CT molecular complexity index is 735. The molecule has 4 nitrogen and oxygen atoms in total. The molecule has 1 heterocycles. The smallest absolute Gasteiger partial charge is 0.246 e. The summed E-state index contributed by atoms with van der Waals surface area (Å²) in [6.45, 7) is 8.78. The maximum atomic E-state index is 12.6. The van der Waals surface area contributed by atoms with Gasteiger partial charge < -0.3 is 5.32 Å². The van der Waals surface area contributed by atoms with Crippen molar-refractivity contribution in [2.45, 2.75) is 265 Å². The van der Waals surface area contributed by atoms with Gasteiger partial charge in [-0.1, -0.05) is 226 Å². The van der Waals surface area contributed by atoms with Crippen LogP contribution in [-0.4, -0.2) is 35.6 Å². The van der Waals surface area contributed by atoms with Gasteiger partial charge in [0.2, 0.25) is 11.7 Å². The molecule has 0 aromatic heterocycles. The van der Waals surface area contributed by atoms with Gasteiger partial charge in [-0.25, -0.2) is 4.58 Å². The standard InChI is InChI=1S/C45H89N3O/c1-4-6-8-10-12-14-16-18-20-22-24-26-28-30-32-34-36-38-40-45(49)47-43(3)48-42-41-46-44(48)39-37-35-33-31-29-27-25-23-21-19-17-15-13-11-9-7-5-2/h43H,4-42H2,1-3H3,(H,47,49)/p+1. The summed E-state index contributed by atoms with van der Waals surface area (Å²) >= 11 is 0. The molecule has 1 rings (SSSR count). The number of carbonyl (C=O) groups excluding carboxylic acids is 1. The normalized spacial score (nSPS) is 13.7. The highest BCUT2D eigenvalue weighted by atomic mass is 16.1. The van der Waals surface area contributed by atoms with Crippen molar-refractivity contribution in [3.63, 3.8) is 0 Å². The zero-order valence-electron chi connectivity index (χ0n) is 34.0. The Morgan fingerprint density at radius 1 is 0.510 bits per heavy atom. The zero-order chi connectivity index (χ0) is 35.3. The van der Waals surface area contributed by atoms with E-state index in [1.54, 1.807) is 0 Å². The van der Waals surface area contributed by atoms with E-state index in [0.29, 0.717) is 6.42 Å². The second-order valence-electron chi connectivity index (χ2n) is 16.0. The molecular weight excluding hydrogens is 599 g/mol. The molecule has 1 unspecified atom stereocenters. The first-order valence-electron chi connectivity index (χ1n) is 22.8. The first-order chi connectivity index (χ1) is 24.2. The topological polar surface area (TPSA) is 44.1 Å². The van der Waals surface area contributed by atoms with Crippen LogP contribution in [0.25, 0.3) is 0 Å². The monoisotopic (exact) mass is 689 g/mol. The molecule has 0 fully saturated rings. The molecule has 0 saturated heterocycles. The lowest BCUT2D eigenvalue weighted by Crippen LogP contribution is -2.42. The number of nitrogens with zero attached hydrogens (tertiary/aromatic N) is 1. The molecule has 0 aromatic carbocycles. The van der Waals surface area contributed by atoms with E-state index in [9.17, 15) is 4.79 Å². The summed E-state index contributed by atoms with van der Waals surface area (Å²) in [6.07, 6.45) is 50.9. The Kier molecular flexibility index (Phi) is 34.4. The number of amidine groups is 1. The van der Waals surface area contributed by atoms with E-state index in [-0.39, 0.29) is 12.1 Å². The van der Waals surface area contributed by atoms with E-state index in [4.69, 9.17) is 0 Å². The average molecular weight is 689 g/mol. The fourth-order valence-electron chi connectivity index (χ4n) is 7.80. The Morgan fingerprint density at radius 2 is 0.816 bits per heavy atom. The van der Waals surface area contributed by atoms with Crippen molar-refractivity contribution in [3.8, 4) is 0 Å². The maximum absolute atomic E-state index is 12.6. The Morgan fingerprint density at radius 3 is 1.16 bits per heavy atom. The van der Waals surface area contributed by atoms with Crippen molar-refractivity contribution in [1.82, 2.24) is 10.6 Å². The van der Waals surface area contributed by atoms with Crippen LogP contribution in [0.3, 0.4) is 0 Å². The predicted octanol–water partition coefficient (Wildman–Crippen LogP) is 13.9. The van der Waals surface area contributed by atoms with Gasteiger partial charge in [-0.3, -0.25) is 10.1 Å². The highest BCUT2D eigenvalue weighted by molar-refractivity contribution is 5.79. The van der Waals surface area contributed by atoms with Crippen LogP contribution < -0.4 is 10.6 Å². The van der Waals surface area contributed by atoms with Crippen LogP contribution in [0.1, 0.15) is 258 Å². The van der Waals surface area contributed by atoms with Crippen molar-refractivity contribution < 1.29 is 9.37 Å². The number of amides is 1. The number of hydrogen-bond acceptors (Lipinski definition) is 2. The molecule has 0 radical (unpaired) electrons. The first kappa shape index (κ1) is 46.0. The van der Waals surface area contributed by atoms with Crippen LogP contribution in [0.5, 0.6) is 0 Å². The Labute approximate surface area is 308 Å². The fraction of sp³-hybridized carbons (Fsp3) is 0.956. The van der Waals surface area contributed by atoms with E-state index in [0.717, 1.165) is 25.9 Å². The Hall–Kier alpha value is -1.06. The minimum atomic E-state index is 0.0962. The van der Waals surface area contributed by atoms with E-state index in [1.165, 1.54) is 224 Å². The molecule has 4 heteroatoms. The number of nitrogens with one attached hydrogen (secondary N) is 2. The summed E-state index contributed by atoms with van der Waals surface area (Å²) in [7, 11) is 0. The van der Waals surface area contributed by atoms with Gasteiger partial charge in [-0.05, 0) is 19.8 Å². The molecule has 1 atom stereocenters. The average Bonchev–Trinajstić information content (AvgIpc) is 3.58. The van der Waals surface area contributed by atoms with Gasteiger partial charge in [-0.2, -0.15) is 0 Å². The third kappa shape index (κ3) is 30.3. The largest absolute Gasteiger partial charge is 0.318 e. The lowest BCUT2D eigenvalue weighted by Gasteiger charge is -2.15. The molecule has 0 aliphatic carbocycles. The number of carbonyl (C=O) groups is 1. The summed E-state index contributed by atoms with van der Waals surface area (Å²) in [5.41, 5.74) is 0. The lowest BCUT2D eigenvalue weighted by molar-refractivity contribution is -0.558. The number of rotatable bonds is 39. The maximum Gasteiger partial charge on any atom is 0.246 e. The molecule has 0 bridgehead atoms. The highest BCUT2D eigenvalue weighted by Crippen LogP contribution is 2.16. The summed E-state index contributed by atoms with van der Waals surface area (Å²) in [4.78, 5) is 12.6. The molecule has 1 aliphatic rings.